The minimum absolute atomic E-state index is 0.0182. The third-order valence-electron chi connectivity index (χ3n) is 1.52. The van der Waals surface area contributed by atoms with Gasteiger partial charge in [0.2, 0.25) is 0 Å². The Bertz CT molecular complexity index is 360. The first kappa shape index (κ1) is 10.3. The Morgan fingerprint density at radius 2 is 2.14 bits per heavy atom. The molecule has 0 radical (unpaired) electrons. The highest BCUT2D eigenvalue weighted by Crippen LogP contribution is 2.24. The van der Waals surface area contributed by atoms with E-state index in [1.54, 1.807) is 6.07 Å². The molecule has 0 aliphatic carbocycles. The van der Waals surface area contributed by atoms with Crippen molar-refractivity contribution >= 4 is 0 Å². The van der Waals surface area contributed by atoms with Crippen molar-refractivity contribution in [2.45, 2.75) is 6.61 Å². The van der Waals surface area contributed by atoms with Gasteiger partial charge < -0.3 is 9.47 Å². The summed E-state index contributed by atoms with van der Waals surface area (Å²) >= 11 is 0. The largest absolute Gasteiger partial charge is 0.497 e. The van der Waals surface area contributed by atoms with Crippen molar-refractivity contribution in [3.8, 4) is 17.6 Å². The predicted molar refractivity (Wildman–Crippen MR) is 44.3 cm³/mol. The van der Waals surface area contributed by atoms with E-state index in [-0.39, 0.29) is 11.3 Å². The van der Waals surface area contributed by atoms with Gasteiger partial charge in [-0.2, -0.15) is 14.0 Å². The van der Waals surface area contributed by atoms with Crippen LogP contribution in [-0.4, -0.2) is 13.7 Å². The second kappa shape index (κ2) is 4.42. The predicted octanol–water partition coefficient (Wildman–Crippen LogP) is 2.17. The molecule has 3 nitrogen and oxygen atoms in total. The van der Waals surface area contributed by atoms with Crippen LogP contribution in [0.1, 0.15) is 5.56 Å². The van der Waals surface area contributed by atoms with Gasteiger partial charge in [0, 0.05) is 6.07 Å². The van der Waals surface area contributed by atoms with Crippen molar-refractivity contribution in [3.05, 3.63) is 23.8 Å². The first-order valence-electron chi connectivity index (χ1n) is 3.70. The van der Waals surface area contributed by atoms with Gasteiger partial charge in [0.15, 0.2) is 0 Å². The molecule has 0 amide bonds. The van der Waals surface area contributed by atoms with E-state index in [1.165, 1.54) is 25.3 Å². The molecule has 14 heavy (non-hydrogen) atoms. The Morgan fingerprint density at radius 1 is 1.43 bits per heavy atom. The van der Waals surface area contributed by atoms with Crippen LogP contribution in [0.5, 0.6) is 11.5 Å². The van der Waals surface area contributed by atoms with Crippen LogP contribution in [0, 0.1) is 11.3 Å². The highest BCUT2D eigenvalue weighted by Gasteiger charge is 2.09. The zero-order valence-electron chi connectivity index (χ0n) is 7.33. The third kappa shape index (κ3) is 2.33. The van der Waals surface area contributed by atoms with Gasteiger partial charge in [-0.05, 0) is 12.1 Å². The molecule has 0 N–H and O–H groups in total. The number of hydrogen-bond donors (Lipinski definition) is 0. The molecule has 1 rings (SSSR count). The lowest BCUT2D eigenvalue weighted by Crippen LogP contribution is -2.03. The lowest BCUT2D eigenvalue weighted by atomic mass is 10.2. The highest BCUT2D eigenvalue weighted by atomic mass is 19.3. The minimum atomic E-state index is -2.93. The topological polar surface area (TPSA) is 42.2 Å². The molecule has 0 atom stereocenters. The van der Waals surface area contributed by atoms with Gasteiger partial charge in [-0.15, -0.1) is 0 Å². The SMILES string of the molecule is COc1ccc(OC(F)F)c(C#N)c1. The van der Waals surface area contributed by atoms with E-state index < -0.39 is 6.61 Å². The van der Waals surface area contributed by atoms with Crippen LogP contribution < -0.4 is 9.47 Å². The van der Waals surface area contributed by atoms with Gasteiger partial charge in [0.05, 0.1) is 12.7 Å². The smallest absolute Gasteiger partial charge is 0.387 e. The zero-order valence-corrected chi connectivity index (χ0v) is 7.33. The molecule has 5 heteroatoms. The van der Waals surface area contributed by atoms with Crippen molar-refractivity contribution in [2.75, 3.05) is 7.11 Å². The van der Waals surface area contributed by atoms with Crippen LogP contribution in [0.2, 0.25) is 0 Å². The highest BCUT2D eigenvalue weighted by molar-refractivity contribution is 5.47. The van der Waals surface area contributed by atoms with E-state index in [0.29, 0.717) is 5.75 Å². The van der Waals surface area contributed by atoms with Crippen molar-refractivity contribution in [3.63, 3.8) is 0 Å². The quantitative estimate of drug-likeness (QED) is 0.749. The number of alkyl halides is 2. The first-order valence-corrected chi connectivity index (χ1v) is 3.70. The Hall–Kier alpha value is -1.83. The molecule has 0 spiro atoms. The molecular formula is C9H7F2NO2. The maximum absolute atomic E-state index is 11.9. The number of methoxy groups -OCH3 is 1. The van der Waals surface area contributed by atoms with Gasteiger partial charge in [-0.1, -0.05) is 0 Å². The molecule has 0 aromatic heterocycles. The van der Waals surface area contributed by atoms with E-state index in [9.17, 15) is 8.78 Å². The molecule has 1 aromatic carbocycles. The standard InChI is InChI=1S/C9H7F2NO2/c1-13-7-2-3-8(14-9(10)11)6(4-7)5-12/h2-4,9H,1H3. The fourth-order valence-corrected chi connectivity index (χ4v) is 0.922. The maximum Gasteiger partial charge on any atom is 0.387 e. The lowest BCUT2D eigenvalue weighted by molar-refractivity contribution is -0.0500. The number of ether oxygens (including phenoxy) is 2. The van der Waals surface area contributed by atoms with Crippen LogP contribution in [0.15, 0.2) is 18.2 Å². The summed E-state index contributed by atoms with van der Waals surface area (Å²) < 4.78 is 32.7. The number of rotatable bonds is 3. The van der Waals surface area contributed by atoms with Crippen LogP contribution in [-0.2, 0) is 0 Å². The van der Waals surface area contributed by atoms with Crippen molar-refractivity contribution in [1.29, 1.82) is 5.26 Å². The number of nitrogens with zero attached hydrogens (tertiary/aromatic N) is 1. The van der Waals surface area contributed by atoms with Crippen LogP contribution >= 0.6 is 0 Å². The average Bonchev–Trinajstić information content (AvgIpc) is 2.17. The molecule has 0 aliphatic heterocycles. The summed E-state index contributed by atoms with van der Waals surface area (Å²) in [4.78, 5) is 0. The van der Waals surface area contributed by atoms with Gasteiger partial charge >= 0.3 is 6.61 Å². The maximum atomic E-state index is 11.9. The summed E-state index contributed by atoms with van der Waals surface area (Å²) in [6, 6.07) is 5.78. The first-order chi connectivity index (χ1) is 6.67. The fraction of sp³-hybridized carbons (Fsp3) is 0.222. The van der Waals surface area contributed by atoms with Crippen molar-refractivity contribution in [2.24, 2.45) is 0 Å². The number of nitriles is 1. The molecule has 0 unspecified atom stereocenters. The zero-order chi connectivity index (χ0) is 10.6. The molecule has 0 aliphatic rings. The van der Waals surface area contributed by atoms with Gasteiger partial charge in [0.25, 0.3) is 0 Å². The lowest BCUT2D eigenvalue weighted by Gasteiger charge is -2.07. The van der Waals surface area contributed by atoms with E-state index in [4.69, 9.17) is 10.00 Å². The minimum Gasteiger partial charge on any atom is -0.497 e. The molecule has 0 saturated heterocycles. The normalized spacial score (nSPS) is 9.64. The molecule has 0 fully saturated rings. The molecule has 1 aromatic rings. The Balaban J connectivity index is 3.01. The second-order valence-electron chi connectivity index (χ2n) is 2.35. The van der Waals surface area contributed by atoms with Gasteiger partial charge in [-0.3, -0.25) is 0 Å². The summed E-state index contributed by atoms with van der Waals surface area (Å²) in [5, 5.41) is 8.62. The molecule has 0 bridgehead atoms. The van der Waals surface area contributed by atoms with Crippen molar-refractivity contribution in [1.82, 2.24) is 0 Å². The molecular weight excluding hydrogens is 192 g/mol. The Kier molecular flexibility index (Phi) is 3.24. The number of halogens is 2. The molecule has 0 heterocycles. The van der Waals surface area contributed by atoms with Gasteiger partial charge in [0.1, 0.15) is 17.6 Å². The summed E-state index contributed by atoms with van der Waals surface area (Å²) in [5.74, 6) is 0.270. The van der Waals surface area contributed by atoms with E-state index in [2.05, 4.69) is 4.74 Å². The third-order valence-corrected chi connectivity index (χ3v) is 1.52. The van der Waals surface area contributed by atoms with Crippen molar-refractivity contribution < 1.29 is 18.3 Å². The van der Waals surface area contributed by atoms with E-state index >= 15 is 0 Å². The van der Waals surface area contributed by atoms with E-state index in [0.717, 1.165) is 0 Å². The average molecular weight is 199 g/mol. The Labute approximate surface area is 79.5 Å². The monoisotopic (exact) mass is 199 g/mol. The second-order valence-corrected chi connectivity index (χ2v) is 2.35. The summed E-state index contributed by atoms with van der Waals surface area (Å²) in [5.41, 5.74) is 0.0182. The summed E-state index contributed by atoms with van der Waals surface area (Å²) in [6.07, 6.45) is 0. The van der Waals surface area contributed by atoms with Gasteiger partial charge in [-0.25, -0.2) is 0 Å². The van der Waals surface area contributed by atoms with Crippen LogP contribution in [0.4, 0.5) is 8.78 Å². The fourth-order valence-electron chi connectivity index (χ4n) is 0.922. The number of hydrogen-bond acceptors (Lipinski definition) is 3. The summed E-state index contributed by atoms with van der Waals surface area (Å²) in [7, 11) is 1.42. The molecule has 74 valence electrons. The molecule has 0 saturated carbocycles. The van der Waals surface area contributed by atoms with Crippen LogP contribution in [0.3, 0.4) is 0 Å². The Morgan fingerprint density at radius 3 is 2.64 bits per heavy atom. The number of benzene rings is 1. The van der Waals surface area contributed by atoms with Crippen LogP contribution in [0.25, 0.3) is 0 Å². The van der Waals surface area contributed by atoms with E-state index in [1.807, 2.05) is 0 Å². The summed E-state index contributed by atoms with van der Waals surface area (Å²) in [6.45, 7) is -2.93.